The van der Waals surface area contributed by atoms with Gasteiger partial charge in [0, 0.05) is 6.54 Å². The van der Waals surface area contributed by atoms with E-state index >= 15 is 0 Å². The van der Waals surface area contributed by atoms with Gasteiger partial charge in [-0.25, -0.2) is 17.6 Å². The number of nitrogens with one attached hydrogen (secondary N) is 1. The maximum Gasteiger partial charge on any atom is 0.254 e. The van der Waals surface area contributed by atoms with Gasteiger partial charge in [0.15, 0.2) is 23.3 Å². The Morgan fingerprint density at radius 3 is 2.32 bits per heavy atom. The van der Waals surface area contributed by atoms with E-state index in [1.54, 1.807) is 13.8 Å². The van der Waals surface area contributed by atoms with Gasteiger partial charge in [-0.2, -0.15) is 0 Å². The van der Waals surface area contributed by atoms with E-state index in [1.165, 1.54) is 0 Å². The van der Waals surface area contributed by atoms with E-state index in [1.807, 2.05) is 0 Å². The van der Waals surface area contributed by atoms with Crippen LogP contribution in [0.25, 0.3) is 0 Å². The molecule has 1 aromatic carbocycles. The summed E-state index contributed by atoms with van der Waals surface area (Å²) in [7, 11) is 0. The van der Waals surface area contributed by atoms with Crippen molar-refractivity contribution in [3.63, 3.8) is 0 Å². The number of aliphatic hydroxyl groups excluding tert-OH is 1. The average molecular weight is 279 g/mol. The fraction of sp³-hybridized carbons (Fsp3) is 0.417. The van der Waals surface area contributed by atoms with E-state index in [0.717, 1.165) is 0 Å². The molecule has 106 valence electrons. The number of benzene rings is 1. The van der Waals surface area contributed by atoms with Crippen LogP contribution in [0.4, 0.5) is 17.6 Å². The van der Waals surface area contributed by atoms with E-state index in [2.05, 4.69) is 5.32 Å². The number of carbonyl (C=O) groups is 1. The van der Waals surface area contributed by atoms with Crippen LogP contribution in [-0.2, 0) is 0 Å². The third-order valence-corrected chi connectivity index (χ3v) is 2.59. The van der Waals surface area contributed by atoms with Crippen LogP contribution in [0.1, 0.15) is 24.2 Å². The largest absolute Gasteiger partial charge is 0.391 e. The highest BCUT2D eigenvalue weighted by atomic mass is 19.2. The summed E-state index contributed by atoms with van der Waals surface area (Å²) >= 11 is 0. The minimum Gasteiger partial charge on any atom is -0.391 e. The van der Waals surface area contributed by atoms with Gasteiger partial charge < -0.3 is 10.4 Å². The first-order valence-electron chi connectivity index (χ1n) is 5.55. The van der Waals surface area contributed by atoms with E-state index in [4.69, 9.17) is 0 Å². The Balaban J connectivity index is 2.89. The number of aliphatic hydroxyl groups is 1. The molecule has 0 fully saturated rings. The van der Waals surface area contributed by atoms with Crippen LogP contribution in [0.2, 0.25) is 0 Å². The zero-order valence-electron chi connectivity index (χ0n) is 10.3. The summed E-state index contributed by atoms with van der Waals surface area (Å²) in [5, 5.41) is 11.5. The molecule has 0 heterocycles. The first-order valence-corrected chi connectivity index (χ1v) is 5.55. The molecule has 0 aromatic heterocycles. The van der Waals surface area contributed by atoms with Gasteiger partial charge in [-0.15, -0.1) is 0 Å². The van der Waals surface area contributed by atoms with Crippen LogP contribution in [0, 0.1) is 29.2 Å². The van der Waals surface area contributed by atoms with Crippen LogP contribution in [0.5, 0.6) is 0 Å². The van der Waals surface area contributed by atoms with Gasteiger partial charge in [-0.05, 0) is 12.0 Å². The molecule has 1 rings (SSSR count). The Labute approximate surface area is 107 Å². The van der Waals surface area contributed by atoms with Crippen LogP contribution < -0.4 is 5.32 Å². The summed E-state index contributed by atoms with van der Waals surface area (Å²) in [4.78, 5) is 11.5. The molecule has 0 saturated carbocycles. The molecule has 0 aliphatic rings. The van der Waals surface area contributed by atoms with Crippen molar-refractivity contribution in [3.05, 3.63) is 34.9 Å². The quantitative estimate of drug-likeness (QED) is 0.503. The van der Waals surface area contributed by atoms with Crippen molar-refractivity contribution < 1.29 is 27.5 Å². The summed E-state index contributed by atoms with van der Waals surface area (Å²) in [5.74, 6) is -8.74. The number of rotatable bonds is 4. The zero-order chi connectivity index (χ0) is 14.7. The molecule has 0 saturated heterocycles. The lowest BCUT2D eigenvalue weighted by Gasteiger charge is -2.15. The Morgan fingerprint density at radius 1 is 1.21 bits per heavy atom. The second-order valence-corrected chi connectivity index (χ2v) is 4.37. The Morgan fingerprint density at radius 2 is 1.79 bits per heavy atom. The third-order valence-electron chi connectivity index (χ3n) is 2.59. The molecule has 1 amide bonds. The van der Waals surface area contributed by atoms with Crippen LogP contribution in [0.3, 0.4) is 0 Å². The number of carbonyl (C=O) groups excluding carboxylic acids is 1. The predicted octanol–water partition coefficient (Wildman–Crippen LogP) is 1.99. The van der Waals surface area contributed by atoms with Crippen molar-refractivity contribution in [2.75, 3.05) is 6.54 Å². The third kappa shape index (κ3) is 3.44. The maximum atomic E-state index is 13.3. The molecule has 7 heteroatoms. The SMILES string of the molecule is CC(C)C(O)CNC(=O)c1cc(F)c(F)c(F)c1F. The molecule has 0 aliphatic carbocycles. The van der Waals surface area contributed by atoms with Crippen molar-refractivity contribution in [1.82, 2.24) is 5.32 Å². The maximum absolute atomic E-state index is 13.3. The lowest BCUT2D eigenvalue weighted by Crippen LogP contribution is -2.35. The number of amides is 1. The van der Waals surface area contributed by atoms with Crippen molar-refractivity contribution in [2.45, 2.75) is 20.0 Å². The van der Waals surface area contributed by atoms with Gasteiger partial charge in [0.2, 0.25) is 0 Å². The summed E-state index contributed by atoms with van der Waals surface area (Å²) in [6, 6.07) is 0.269. The fourth-order valence-corrected chi connectivity index (χ4v) is 1.27. The van der Waals surface area contributed by atoms with Crippen molar-refractivity contribution in [2.24, 2.45) is 5.92 Å². The van der Waals surface area contributed by atoms with Gasteiger partial charge in [-0.3, -0.25) is 4.79 Å². The summed E-state index contributed by atoms with van der Waals surface area (Å²) < 4.78 is 51.8. The molecular weight excluding hydrogens is 266 g/mol. The number of hydrogen-bond acceptors (Lipinski definition) is 2. The van der Waals surface area contributed by atoms with Crippen LogP contribution in [0.15, 0.2) is 6.07 Å². The monoisotopic (exact) mass is 279 g/mol. The molecule has 1 unspecified atom stereocenters. The molecule has 0 bridgehead atoms. The summed E-state index contributed by atoms with van der Waals surface area (Å²) in [5.41, 5.74) is -0.952. The topological polar surface area (TPSA) is 49.3 Å². The van der Waals surface area contributed by atoms with Crippen molar-refractivity contribution >= 4 is 5.91 Å². The normalized spacial score (nSPS) is 12.6. The Bertz CT molecular complexity index is 491. The Hall–Kier alpha value is -1.63. The Kier molecular flexibility index (Phi) is 4.88. The number of halogens is 4. The molecule has 0 spiro atoms. The second-order valence-electron chi connectivity index (χ2n) is 4.37. The number of hydrogen-bond donors (Lipinski definition) is 2. The smallest absolute Gasteiger partial charge is 0.254 e. The molecule has 19 heavy (non-hydrogen) atoms. The van der Waals surface area contributed by atoms with Gasteiger partial charge in [0.25, 0.3) is 5.91 Å². The highest BCUT2D eigenvalue weighted by Gasteiger charge is 2.23. The van der Waals surface area contributed by atoms with Crippen LogP contribution in [-0.4, -0.2) is 23.7 Å². The van der Waals surface area contributed by atoms with Gasteiger partial charge >= 0.3 is 0 Å². The molecule has 1 aromatic rings. The lowest BCUT2D eigenvalue weighted by atomic mass is 10.1. The lowest BCUT2D eigenvalue weighted by molar-refractivity contribution is 0.0866. The molecule has 2 N–H and O–H groups in total. The minimum atomic E-state index is -2.05. The standard InChI is InChI=1S/C12H13F4NO2/c1-5(2)8(18)4-17-12(19)6-3-7(13)10(15)11(16)9(6)14/h3,5,8,18H,4H2,1-2H3,(H,17,19). The van der Waals surface area contributed by atoms with Crippen molar-refractivity contribution in [3.8, 4) is 0 Å². The molecule has 3 nitrogen and oxygen atoms in total. The van der Waals surface area contributed by atoms with Gasteiger partial charge in [-0.1, -0.05) is 13.8 Å². The zero-order valence-corrected chi connectivity index (χ0v) is 10.3. The van der Waals surface area contributed by atoms with Gasteiger partial charge in [0.05, 0.1) is 11.7 Å². The molecular formula is C12H13F4NO2. The predicted molar refractivity (Wildman–Crippen MR) is 59.5 cm³/mol. The van der Waals surface area contributed by atoms with Gasteiger partial charge in [0.1, 0.15) is 0 Å². The van der Waals surface area contributed by atoms with Crippen molar-refractivity contribution in [1.29, 1.82) is 0 Å². The summed E-state index contributed by atoms with van der Waals surface area (Å²) in [6.45, 7) is 3.17. The minimum absolute atomic E-state index is 0.160. The van der Waals surface area contributed by atoms with Crippen LogP contribution >= 0.6 is 0 Å². The van der Waals surface area contributed by atoms with E-state index in [0.29, 0.717) is 0 Å². The molecule has 0 radical (unpaired) electrons. The summed E-state index contributed by atoms with van der Waals surface area (Å²) in [6.07, 6.45) is -0.887. The first kappa shape index (κ1) is 15.4. The highest BCUT2D eigenvalue weighted by molar-refractivity contribution is 5.94. The van der Waals surface area contributed by atoms with E-state index in [-0.39, 0.29) is 18.5 Å². The second kappa shape index (κ2) is 6.01. The molecule has 0 aliphatic heterocycles. The highest BCUT2D eigenvalue weighted by Crippen LogP contribution is 2.18. The first-order chi connectivity index (χ1) is 8.75. The average Bonchev–Trinajstić information content (AvgIpc) is 2.37. The fourth-order valence-electron chi connectivity index (χ4n) is 1.27. The molecule has 1 atom stereocenters. The van der Waals surface area contributed by atoms with E-state index in [9.17, 15) is 27.5 Å². The van der Waals surface area contributed by atoms with E-state index < -0.39 is 40.8 Å².